The van der Waals surface area contributed by atoms with Crippen molar-refractivity contribution in [1.82, 2.24) is 14.9 Å². The minimum absolute atomic E-state index is 0.265. The van der Waals surface area contributed by atoms with Gasteiger partial charge in [-0.15, -0.1) is 11.3 Å². The van der Waals surface area contributed by atoms with Crippen molar-refractivity contribution in [3.8, 4) is 0 Å². The zero-order chi connectivity index (χ0) is 16.7. The highest BCUT2D eigenvalue weighted by Crippen LogP contribution is 2.16. The molecule has 0 aliphatic carbocycles. The van der Waals surface area contributed by atoms with Gasteiger partial charge < -0.3 is 11.1 Å². The molecule has 4 N–H and O–H groups in total. The third-order valence-electron chi connectivity index (χ3n) is 3.86. The van der Waals surface area contributed by atoms with Crippen molar-refractivity contribution in [2.45, 2.75) is 30.0 Å². The number of hydrogen-bond donors (Lipinski definition) is 3. The number of nitrogens with two attached hydrogens (primary N) is 1. The van der Waals surface area contributed by atoms with Crippen LogP contribution in [0.3, 0.4) is 0 Å². The van der Waals surface area contributed by atoms with Gasteiger partial charge in [0, 0.05) is 19.1 Å². The maximum Gasteiger partial charge on any atom is 0.250 e. The molecular weight excluding hydrogens is 334 g/mol. The third kappa shape index (κ3) is 5.45. The van der Waals surface area contributed by atoms with Crippen molar-refractivity contribution in [2.75, 3.05) is 32.7 Å². The maximum atomic E-state index is 11.9. The molecule has 23 heavy (non-hydrogen) atoms. The van der Waals surface area contributed by atoms with Crippen LogP contribution >= 0.6 is 11.3 Å². The van der Waals surface area contributed by atoms with Crippen molar-refractivity contribution >= 4 is 27.3 Å². The largest absolute Gasteiger partial charge is 0.370 e. The topological polar surface area (TPSA) is 99.8 Å². The lowest BCUT2D eigenvalue weighted by Gasteiger charge is -2.20. The van der Waals surface area contributed by atoms with Gasteiger partial charge in [0.1, 0.15) is 4.21 Å². The van der Waals surface area contributed by atoms with Crippen molar-refractivity contribution < 1.29 is 8.42 Å². The number of thiophene rings is 1. The molecule has 2 heterocycles. The SMILES string of the molecule is CCN1CCCC1CN=C(N)NCCNS(=O)(=O)c1cccs1. The molecule has 130 valence electrons. The van der Waals surface area contributed by atoms with E-state index < -0.39 is 10.0 Å². The molecule has 2 rings (SSSR count). The summed E-state index contributed by atoms with van der Waals surface area (Å²) in [5.41, 5.74) is 5.83. The zero-order valence-electron chi connectivity index (χ0n) is 13.4. The van der Waals surface area contributed by atoms with Gasteiger partial charge in [-0.2, -0.15) is 0 Å². The Morgan fingerprint density at radius 1 is 1.52 bits per heavy atom. The van der Waals surface area contributed by atoms with Crippen LogP contribution in [0.4, 0.5) is 0 Å². The summed E-state index contributed by atoms with van der Waals surface area (Å²) in [6.07, 6.45) is 2.37. The van der Waals surface area contributed by atoms with E-state index in [-0.39, 0.29) is 6.54 Å². The summed E-state index contributed by atoms with van der Waals surface area (Å²) in [7, 11) is -3.41. The van der Waals surface area contributed by atoms with E-state index in [4.69, 9.17) is 5.73 Å². The van der Waals surface area contributed by atoms with Crippen molar-refractivity contribution in [2.24, 2.45) is 10.7 Å². The molecule has 0 spiro atoms. The number of likely N-dealkylation sites (tertiary alicyclic amines) is 1. The first-order valence-electron chi connectivity index (χ1n) is 7.84. The number of nitrogens with one attached hydrogen (secondary N) is 2. The summed E-state index contributed by atoms with van der Waals surface area (Å²) in [5.74, 6) is 0.364. The molecule has 0 radical (unpaired) electrons. The first-order valence-corrected chi connectivity index (χ1v) is 10.2. The van der Waals surface area contributed by atoms with Crippen LogP contribution in [0, 0.1) is 0 Å². The van der Waals surface area contributed by atoms with Crippen LogP contribution in [0.15, 0.2) is 26.7 Å². The Hall–Kier alpha value is -1.16. The quantitative estimate of drug-likeness (QED) is 0.355. The minimum atomic E-state index is -3.41. The van der Waals surface area contributed by atoms with Gasteiger partial charge in [-0.05, 0) is 37.4 Å². The van der Waals surface area contributed by atoms with Crippen LogP contribution in [0.5, 0.6) is 0 Å². The Bertz CT molecular complexity index is 601. The van der Waals surface area contributed by atoms with E-state index in [1.54, 1.807) is 17.5 Å². The van der Waals surface area contributed by atoms with E-state index in [1.165, 1.54) is 17.8 Å². The molecule has 1 saturated heterocycles. The summed E-state index contributed by atoms with van der Waals surface area (Å²) < 4.78 is 26.7. The first kappa shape index (κ1) is 18.2. The summed E-state index contributed by atoms with van der Waals surface area (Å²) in [6.45, 7) is 5.69. The van der Waals surface area contributed by atoms with Crippen LogP contribution in [-0.4, -0.2) is 58.0 Å². The Morgan fingerprint density at radius 2 is 2.35 bits per heavy atom. The van der Waals surface area contributed by atoms with Gasteiger partial charge in [-0.1, -0.05) is 13.0 Å². The third-order valence-corrected chi connectivity index (χ3v) is 6.72. The molecule has 1 aliphatic rings. The van der Waals surface area contributed by atoms with Crippen LogP contribution < -0.4 is 15.8 Å². The van der Waals surface area contributed by atoms with Gasteiger partial charge in [-0.25, -0.2) is 13.1 Å². The normalized spacial score (nSPS) is 20.0. The van der Waals surface area contributed by atoms with E-state index >= 15 is 0 Å². The van der Waals surface area contributed by atoms with Gasteiger partial charge in [0.15, 0.2) is 5.96 Å². The molecular formula is C14H25N5O2S2. The van der Waals surface area contributed by atoms with Gasteiger partial charge in [-0.3, -0.25) is 9.89 Å². The van der Waals surface area contributed by atoms with Crippen LogP contribution in [0.2, 0.25) is 0 Å². The van der Waals surface area contributed by atoms with Gasteiger partial charge in [0.2, 0.25) is 10.0 Å². The number of nitrogens with zero attached hydrogens (tertiary/aromatic N) is 2. The molecule has 1 unspecified atom stereocenters. The lowest BCUT2D eigenvalue weighted by molar-refractivity contribution is 0.273. The highest BCUT2D eigenvalue weighted by atomic mass is 32.2. The van der Waals surface area contributed by atoms with Gasteiger partial charge in [0.05, 0.1) is 6.54 Å². The summed E-state index contributed by atoms with van der Waals surface area (Å²) in [5, 5.41) is 4.68. The molecule has 9 heteroatoms. The average molecular weight is 360 g/mol. The van der Waals surface area contributed by atoms with Crippen molar-refractivity contribution in [3.63, 3.8) is 0 Å². The maximum absolute atomic E-state index is 11.9. The number of rotatable bonds is 8. The van der Waals surface area contributed by atoms with Gasteiger partial charge >= 0.3 is 0 Å². The summed E-state index contributed by atoms with van der Waals surface area (Å²) >= 11 is 1.19. The number of sulfonamides is 1. The molecule has 7 nitrogen and oxygen atoms in total. The second-order valence-corrected chi connectivity index (χ2v) is 8.35. The second-order valence-electron chi connectivity index (χ2n) is 5.41. The molecule has 0 saturated carbocycles. The Balaban J connectivity index is 1.68. The number of hydrogen-bond acceptors (Lipinski definition) is 5. The highest BCUT2D eigenvalue weighted by molar-refractivity contribution is 7.91. The van der Waals surface area contributed by atoms with Crippen LogP contribution in [0.1, 0.15) is 19.8 Å². The fraction of sp³-hybridized carbons (Fsp3) is 0.643. The number of guanidine groups is 1. The molecule has 1 atom stereocenters. The number of likely N-dealkylation sites (N-methyl/N-ethyl adjacent to an activating group) is 1. The Morgan fingerprint density at radius 3 is 3.04 bits per heavy atom. The molecule has 0 bridgehead atoms. The summed E-state index contributed by atoms with van der Waals surface area (Å²) in [4.78, 5) is 6.76. The van der Waals surface area contributed by atoms with E-state index in [0.29, 0.717) is 29.3 Å². The van der Waals surface area contributed by atoms with E-state index in [2.05, 4.69) is 26.9 Å². The number of aliphatic imine (C=N–C) groups is 1. The zero-order valence-corrected chi connectivity index (χ0v) is 15.0. The first-order chi connectivity index (χ1) is 11.0. The van der Waals surface area contributed by atoms with Gasteiger partial charge in [0.25, 0.3) is 0 Å². The van der Waals surface area contributed by atoms with Crippen molar-refractivity contribution in [3.05, 3.63) is 17.5 Å². The monoisotopic (exact) mass is 359 g/mol. The van der Waals surface area contributed by atoms with Crippen LogP contribution in [0.25, 0.3) is 0 Å². The van der Waals surface area contributed by atoms with E-state index in [9.17, 15) is 8.42 Å². The molecule has 0 aromatic carbocycles. The van der Waals surface area contributed by atoms with Crippen molar-refractivity contribution in [1.29, 1.82) is 0 Å². The minimum Gasteiger partial charge on any atom is -0.370 e. The molecule has 1 fully saturated rings. The smallest absolute Gasteiger partial charge is 0.250 e. The molecule has 1 aliphatic heterocycles. The lowest BCUT2D eigenvalue weighted by Crippen LogP contribution is -2.39. The standard InChI is InChI=1S/C14H25N5O2S2/c1-2-19-9-3-5-12(19)11-17-14(15)16-7-8-18-23(20,21)13-6-4-10-22-13/h4,6,10,12,18H,2-3,5,7-9,11H2,1H3,(H3,15,16,17). The molecule has 0 amide bonds. The van der Waals surface area contributed by atoms with E-state index in [1.807, 2.05) is 0 Å². The fourth-order valence-corrected chi connectivity index (χ4v) is 4.71. The summed E-state index contributed by atoms with van der Waals surface area (Å²) in [6, 6.07) is 3.76. The van der Waals surface area contributed by atoms with E-state index in [0.717, 1.165) is 19.5 Å². The molecule has 1 aromatic rings. The second kappa shape index (κ2) is 8.62. The van der Waals surface area contributed by atoms with Crippen LogP contribution in [-0.2, 0) is 10.0 Å². The Labute approximate surface area is 142 Å². The lowest BCUT2D eigenvalue weighted by atomic mass is 10.2. The predicted octanol–water partition coefficient (Wildman–Crippen LogP) is 0.415. The Kier molecular flexibility index (Phi) is 6.82. The molecule has 1 aromatic heterocycles. The highest BCUT2D eigenvalue weighted by Gasteiger charge is 2.22. The average Bonchev–Trinajstić information content (AvgIpc) is 3.20. The predicted molar refractivity (Wildman–Crippen MR) is 94.3 cm³/mol. The fourth-order valence-electron chi connectivity index (χ4n) is 2.64.